The number of carbonyl (C=O) groups excluding carboxylic acids is 1. The molecule has 2 aliphatic heterocycles. The zero-order valence-electron chi connectivity index (χ0n) is 22.5. The first-order chi connectivity index (χ1) is 19.3. The van der Waals surface area contributed by atoms with Gasteiger partial charge in [0, 0.05) is 50.6 Å². The van der Waals surface area contributed by atoms with Crippen molar-refractivity contribution in [2.24, 2.45) is 5.41 Å². The van der Waals surface area contributed by atoms with E-state index in [-0.39, 0.29) is 30.0 Å². The summed E-state index contributed by atoms with van der Waals surface area (Å²) in [4.78, 5) is 19.0. The molecule has 212 valence electrons. The highest BCUT2D eigenvalue weighted by Crippen LogP contribution is 2.51. The number of piperidine rings is 2. The molecule has 5 rings (SSSR count). The van der Waals surface area contributed by atoms with Crippen LogP contribution in [0.15, 0.2) is 79.1 Å². The van der Waals surface area contributed by atoms with Crippen molar-refractivity contribution in [2.75, 3.05) is 33.3 Å². The number of carbonyl (C=O) groups is 1. The highest BCUT2D eigenvalue weighted by atomic mass is 19.4. The Balaban J connectivity index is 1.37. The van der Waals surface area contributed by atoms with Crippen LogP contribution >= 0.6 is 0 Å². The van der Waals surface area contributed by atoms with Crippen LogP contribution in [-0.4, -0.2) is 55.3 Å². The number of benzene rings is 2. The van der Waals surface area contributed by atoms with Gasteiger partial charge in [-0.25, -0.2) is 0 Å². The Labute approximate surface area is 232 Å². The van der Waals surface area contributed by atoms with Crippen molar-refractivity contribution in [3.63, 3.8) is 0 Å². The molecule has 6 nitrogen and oxygen atoms in total. The van der Waals surface area contributed by atoms with Crippen LogP contribution < -0.4 is 10.1 Å². The summed E-state index contributed by atoms with van der Waals surface area (Å²) in [5.41, 5.74) is -1.33. The minimum atomic E-state index is -4.92. The molecule has 2 atom stereocenters. The van der Waals surface area contributed by atoms with Gasteiger partial charge in [-0.3, -0.25) is 9.78 Å². The minimum Gasteiger partial charge on any atom is -0.489 e. The summed E-state index contributed by atoms with van der Waals surface area (Å²) in [6, 6.07) is 19.0. The molecule has 2 fully saturated rings. The smallest absolute Gasteiger partial charge is 0.430 e. The van der Waals surface area contributed by atoms with Gasteiger partial charge in [0.15, 0.2) is 0 Å². The Kier molecular flexibility index (Phi) is 8.14. The van der Waals surface area contributed by atoms with E-state index in [9.17, 15) is 18.0 Å². The van der Waals surface area contributed by atoms with Crippen LogP contribution in [0.25, 0.3) is 0 Å². The third kappa shape index (κ3) is 5.20. The number of nitrogens with one attached hydrogen (secondary N) is 1. The fourth-order valence-electron chi connectivity index (χ4n) is 6.33. The molecular weight excluding hydrogens is 519 g/mol. The van der Waals surface area contributed by atoms with Gasteiger partial charge >= 0.3 is 6.18 Å². The molecule has 0 bridgehead atoms. The lowest BCUT2D eigenvalue weighted by atomic mass is 9.62. The van der Waals surface area contributed by atoms with Crippen LogP contribution in [0.3, 0.4) is 0 Å². The van der Waals surface area contributed by atoms with Gasteiger partial charge in [-0.1, -0.05) is 48.5 Å². The van der Waals surface area contributed by atoms with Crippen molar-refractivity contribution >= 4 is 5.91 Å². The maximum atomic E-state index is 14.5. The molecule has 0 aliphatic carbocycles. The normalized spacial score (nSPS) is 20.6. The maximum Gasteiger partial charge on any atom is 0.430 e. The average Bonchev–Trinajstić information content (AvgIpc) is 2.98. The number of para-hydroxylation sites is 1. The lowest BCUT2D eigenvalue weighted by molar-refractivity contribution is -0.271. The Morgan fingerprint density at radius 3 is 2.35 bits per heavy atom. The monoisotopic (exact) mass is 553 g/mol. The number of rotatable bonds is 7. The van der Waals surface area contributed by atoms with Crippen molar-refractivity contribution in [3.05, 3.63) is 95.8 Å². The van der Waals surface area contributed by atoms with Crippen LogP contribution in [0.4, 0.5) is 13.2 Å². The topological polar surface area (TPSA) is 63.7 Å². The summed E-state index contributed by atoms with van der Waals surface area (Å²) in [6.07, 6.45) is 0.596. The number of hydrogen-bond acceptors (Lipinski definition) is 5. The predicted molar refractivity (Wildman–Crippen MR) is 145 cm³/mol. The van der Waals surface area contributed by atoms with E-state index < -0.39 is 17.7 Å². The molecule has 1 aromatic heterocycles. The second-order valence-electron chi connectivity index (χ2n) is 10.6. The number of nitrogens with zero attached hydrogens (tertiary/aromatic N) is 2. The molecule has 1 unspecified atom stereocenters. The van der Waals surface area contributed by atoms with Gasteiger partial charge < -0.3 is 19.7 Å². The highest BCUT2D eigenvalue weighted by Gasteiger charge is 2.64. The first kappa shape index (κ1) is 28.1. The molecule has 1 amide bonds. The molecule has 1 spiro atoms. The number of likely N-dealkylation sites (tertiary alicyclic amines) is 1. The summed E-state index contributed by atoms with van der Waals surface area (Å²) in [5, 5.41) is 3.50. The molecule has 1 N–H and O–H groups in total. The van der Waals surface area contributed by atoms with Gasteiger partial charge in [0.05, 0.1) is 0 Å². The van der Waals surface area contributed by atoms with Crippen molar-refractivity contribution < 1.29 is 27.4 Å². The van der Waals surface area contributed by atoms with E-state index in [0.29, 0.717) is 19.4 Å². The first-order valence-corrected chi connectivity index (χ1v) is 13.6. The van der Waals surface area contributed by atoms with E-state index in [1.54, 1.807) is 18.5 Å². The number of amides is 1. The Morgan fingerprint density at radius 2 is 1.68 bits per heavy atom. The fraction of sp³-hybridized carbons (Fsp3) is 0.419. The number of hydrogen-bond donors (Lipinski definition) is 1. The van der Waals surface area contributed by atoms with Gasteiger partial charge in [-0.05, 0) is 60.5 Å². The van der Waals surface area contributed by atoms with Gasteiger partial charge in [-0.2, -0.15) is 13.2 Å². The predicted octanol–water partition coefficient (Wildman–Crippen LogP) is 5.45. The van der Waals surface area contributed by atoms with Gasteiger partial charge in [0.1, 0.15) is 12.4 Å². The molecular formula is C31H34F3N3O3. The molecule has 0 radical (unpaired) electrons. The van der Waals surface area contributed by atoms with E-state index in [4.69, 9.17) is 9.47 Å². The van der Waals surface area contributed by atoms with Crippen molar-refractivity contribution in [2.45, 2.75) is 43.6 Å². The Hall–Kier alpha value is -3.43. The van der Waals surface area contributed by atoms with E-state index in [0.717, 1.165) is 43.5 Å². The van der Waals surface area contributed by atoms with E-state index in [2.05, 4.69) is 16.4 Å². The summed E-state index contributed by atoms with van der Waals surface area (Å²) in [6.45, 7) is 2.41. The Bertz CT molecular complexity index is 1280. The molecule has 2 aliphatic rings. The van der Waals surface area contributed by atoms with Crippen LogP contribution in [0.5, 0.6) is 5.75 Å². The highest BCUT2D eigenvalue weighted by molar-refractivity contribution is 5.88. The lowest BCUT2D eigenvalue weighted by Gasteiger charge is -2.51. The SMILES string of the molecule is CO[C@@](C(=O)N1CCC2(CCNCC2c2ccccc2OCc2ccncc2)CC1)(c1ccccc1)C(F)(F)F. The molecule has 2 aromatic carbocycles. The number of halogens is 3. The zero-order valence-corrected chi connectivity index (χ0v) is 22.5. The first-order valence-electron chi connectivity index (χ1n) is 13.6. The minimum absolute atomic E-state index is 0.0936. The molecule has 3 heterocycles. The summed E-state index contributed by atoms with van der Waals surface area (Å²) in [5.74, 6) is -0.170. The lowest BCUT2D eigenvalue weighted by Crippen LogP contribution is -2.59. The van der Waals surface area contributed by atoms with E-state index in [1.807, 2.05) is 30.3 Å². The maximum absolute atomic E-state index is 14.5. The number of methoxy groups -OCH3 is 1. The number of aromatic nitrogens is 1. The summed E-state index contributed by atoms with van der Waals surface area (Å²) in [7, 11) is 0.954. The molecule has 9 heteroatoms. The van der Waals surface area contributed by atoms with Crippen molar-refractivity contribution in [1.29, 1.82) is 0 Å². The second kappa shape index (κ2) is 11.6. The van der Waals surface area contributed by atoms with E-state index in [1.165, 1.54) is 29.2 Å². The zero-order chi connectivity index (χ0) is 28.2. The van der Waals surface area contributed by atoms with Crippen LogP contribution in [0.1, 0.15) is 41.9 Å². The summed E-state index contributed by atoms with van der Waals surface area (Å²) >= 11 is 0. The summed E-state index contributed by atoms with van der Waals surface area (Å²) < 4.78 is 54.9. The average molecular weight is 554 g/mol. The van der Waals surface area contributed by atoms with Crippen LogP contribution in [-0.2, 0) is 21.7 Å². The number of pyridine rings is 1. The third-order valence-electron chi connectivity index (χ3n) is 8.56. The van der Waals surface area contributed by atoms with Crippen LogP contribution in [0.2, 0.25) is 0 Å². The molecule has 0 saturated carbocycles. The number of ether oxygens (including phenoxy) is 2. The van der Waals surface area contributed by atoms with Crippen molar-refractivity contribution in [3.8, 4) is 5.75 Å². The number of alkyl halides is 3. The largest absolute Gasteiger partial charge is 0.489 e. The van der Waals surface area contributed by atoms with Gasteiger partial charge in [-0.15, -0.1) is 0 Å². The van der Waals surface area contributed by atoms with Gasteiger partial charge in [0.2, 0.25) is 0 Å². The Morgan fingerprint density at radius 1 is 1.00 bits per heavy atom. The second-order valence-corrected chi connectivity index (χ2v) is 10.6. The fourth-order valence-corrected chi connectivity index (χ4v) is 6.33. The molecule has 2 saturated heterocycles. The van der Waals surface area contributed by atoms with Gasteiger partial charge in [0.25, 0.3) is 11.5 Å². The van der Waals surface area contributed by atoms with Crippen LogP contribution in [0, 0.1) is 5.41 Å². The third-order valence-corrected chi connectivity index (χ3v) is 8.56. The molecule has 40 heavy (non-hydrogen) atoms. The molecule has 3 aromatic rings. The standard InChI is InChI=1S/C31H34F3N3O3/c1-39-30(31(32,33)34,24-7-3-2-4-8-24)28(38)37-19-14-29(15-20-37)13-18-36-21-26(29)25-9-5-6-10-27(25)40-22-23-11-16-35-17-12-23/h2-12,16-17,26,36H,13-15,18-22H2,1H3/t26?,30-/m1/s1. The quantitative estimate of drug-likeness (QED) is 0.422. The van der Waals surface area contributed by atoms with E-state index >= 15 is 0 Å². The van der Waals surface area contributed by atoms with Crippen molar-refractivity contribution in [1.82, 2.24) is 15.2 Å².